The summed E-state index contributed by atoms with van der Waals surface area (Å²) in [5.74, 6) is 0.744. The van der Waals surface area contributed by atoms with Crippen molar-refractivity contribution in [1.82, 2.24) is 10.9 Å². The third-order valence-electron chi connectivity index (χ3n) is 3.51. The van der Waals surface area contributed by atoms with Crippen molar-refractivity contribution in [3.8, 4) is 11.5 Å². The lowest BCUT2D eigenvalue weighted by atomic mass is 10.3. The van der Waals surface area contributed by atoms with Crippen LogP contribution in [0.15, 0.2) is 71.1 Å². The van der Waals surface area contributed by atoms with Gasteiger partial charge in [-0.3, -0.25) is 20.4 Å². The van der Waals surface area contributed by atoms with Gasteiger partial charge in [0.15, 0.2) is 12.4 Å². The summed E-state index contributed by atoms with van der Waals surface area (Å²) in [4.78, 5) is 23.8. The summed E-state index contributed by atoms with van der Waals surface area (Å²) in [6.07, 6.45) is 0. The van der Waals surface area contributed by atoms with E-state index in [-0.39, 0.29) is 19.0 Å². The quantitative estimate of drug-likeness (QED) is 0.391. The SMILES string of the molecule is O=C(COc1ccc(I)cc1)NNC(=O)c1ccc(COc2ccccc2)o1. The number of carbonyl (C=O) groups is 2. The number of furan rings is 1. The van der Waals surface area contributed by atoms with Crippen molar-refractivity contribution in [2.75, 3.05) is 6.61 Å². The average molecular weight is 492 g/mol. The number of benzene rings is 2. The van der Waals surface area contributed by atoms with Gasteiger partial charge in [0.2, 0.25) is 0 Å². The molecular weight excluding hydrogens is 475 g/mol. The molecule has 2 aromatic carbocycles. The van der Waals surface area contributed by atoms with Gasteiger partial charge in [-0.05, 0) is 71.1 Å². The van der Waals surface area contributed by atoms with E-state index >= 15 is 0 Å². The summed E-state index contributed by atoms with van der Waals surface area (Å²) < 4.78 is 17.4. The van der Waals surface area contributed by atoms with Gasteiger partial charge < -0.3 is 13.9 Å². The van der Waals surface area contributed by atoms with Gasteiger partial charge in [0.05, 0.1) is 0 Å². The fourth-order valence-electron chi connectivity index (χ4n) is 2.15. The highest BCUT2D eigenvalue weighted by Gasteiger charge is 2.13. The molecule has 0 fully saturated rings. The molecule has 7 nitrogen and oxygen atoms in total. The Morgan fingerprint density at radius 3 is 2.32 bits per heavy atom. The van der Waals surface area contributed by atoms with Crippen molar-refractivity contribution in [2.45, 2.75) is 6.61 Å². The molecule has 2 N–H and O–H groups in total. The van der Waals surface area contributed by atoms with Crippen LogP contribution in [0.4, 0.5) is 0 Å². The Hall–Kier alpha value is -3.01. The van der Waals surface area contributed by atoms with E-state index in [1.807, 2.05) is 42.5 Å². The third kappa shape index (κ3) is 6.02. The first-order chi connectivity index (χ1) is 13.6. The molecule has 0 spiro atoms. The van der Waals surface area contributed by atoms with Crippen LogP contribution in [0, 0.1) is 3.57 Å². The van der Waals surface area contributed by atoms with E-state index in [2.05, 4.69) is 33.4 Å². The maximum atomic E-state index is 12.0. The number of halogens is 1. The van der Waals surface area contributed by atoms with E-state index < -0.39 is 11.8 Å². The number of hydrogen-bond acceptors (Lipinski definition) is 5. The molecule has 28 heavy (non-hydrogen) atoms. The molecule has 0 aliphatic rings. The standard InChI is InChI=1S/C20H17IN2O5/c21-14-6-8-16(9-7-14)27-13-19(24)22-23-20(25)18-11-10-17(28-18)12-26-15-4-2-1-3-5-15/h1-11H,12-13H2,(H,22,24)(H,23,25). The van der Waals surface area contributed by atoms with Crippen LogP contribution in [0.3, 0.4) is 0 Å². The molecular formula is C20H17IN2O5. The number of amides is 2. The van der Waals surface area contributed by atoms with E-state index in [1.165, 1.54) is 6.07 Å². The third-order valence-corrected chi connectivity index (χ3v) is 4.23. The van der Waals surface area contributed by atoms with Crippen molar-refractivity contribution in [3.05, 3.63) is 81.8 Å². The Kier molecular flexibility index (Phi) is 6.90. The number of hydrogen-bond donors (Lipinski definition) is 2. The topological polar surface area (TPSA) is 89.8 Å². The van der Waals surface area contributed by atoms with E-state index in [1.54, 1.807) is 18.2 Å². The number of nitrogens with one attached hydrogen (secondary N) is 2. The van der Waals surface area contributed by atoms with Crippen molar-refractivity contribution < 1.29 is 23.5 Å². The van der Waals surface area contributed by atoms with Gasteiger partial charge in [0.25, 0.3) is 5.91 Å². The smallest absolute Gasteiger partial charge is 0.305 e. The molecule has 144 valence electrons. The van der Waals surface area contributed by atoms with Crippen LogP contribution in [0.2, 0.25) is 0 Å². The zero-order chi connectivity index (χ0) is 19.8. The van der Waals surface area contributed by atoms with E-state index in [0.717, 1.165) is 3.57 Å². The minimum atomic E-state index is -0.575. The predicted molar refractivity (Wildman–Crippen MR) is 110 cm³/mol. The van der Waals surface area contributed by atoms with Gasteiger partial charge in [-0.2, -0.15) is 0 Å². The first-order valence-electron chi connectivity index (χ1n) is 8.34. The summed E-state index contributed by atoms with van der Waals surface area (Å²) >= 11 is 2.17. The molecule has 1 heterocycles. The molecule has 0 aliphatic heterocycles. The first kappa shape index (κ1) is 19.7. The summed E-state index contributed by atoms with van der Waals surface area (Å²) in [6, 6.07) is 19.7. The second-order valence-electron chi connectivity index (χ2n) is 5.61. The molecule has 0 atom stereocenters. The maximum absolute atomic E-state index is 12.0. The van der Waals surface area contributed by atoms with Gasteiger partial charge in [-0.15, -0.1) is 0 Å². The van der Waals surface area contributed by atoms with Crippen LogP contribution in [0.25, 0.3) is 0 Å². The molecule has 0 saturated carbocycles. The fourth-order valence-corrected chi connectivity index (χ4v) is 2.51. The highest BCUT2D eigenvalue weighted by Crippen LogP contribution is 2.14. The van der Waals surface area contributed by atoms with Crippen LogP contribution in [0.1, 0.15) is 16.3 Å². The van der Waals surface area contributed by atoms with Crippen molar-refractivity contribution in [2.24, 2.45) is 0 Å². The molecule has 8 heteroatoms. The summed E-state index contributed by atoms with van der Waals surface area (Å²) in [5, 5.41) is 0. The number of carbonyl (C=O) groups excluding carboxylic acids is 2. The number of ether oxygens (including phenoxy) is 2. The Morgan fingerprint density at radius 2 is 1.57 bits per heavy atom. The van der Waals surface area contributed by atoms with Crippen LogP contribution in [0.5, 0.6) is 11.5 Å². The molecule has 0 aliphatic carbocycles. The molecule has 0 unspecified atom stereocenters. The van der Waals surface area contributed by atoms with Crippen LogP contribution >= 0.6 is 22.6 Å². The zero-order valence-corrected chi connectivity index (χ0v) is 16.8. The number of para-hydroxylation sites is 1. The molecule has 1 aromatic heterocycles. The molecule has 0 radical (unpaired) electrons. The zero-order valence-electron chi connectivity index (χ0n) is 14.7. The molecule has 0 bridgehead atoms. The maximum Gasteiger partial charge on any atom is 0.305 e. The summed E-state index contributed by atoms with van der Waals surface area (Å²) in [7, 11) is 0. The highest BCUT2D eigenvalue weighted by atomic mass is 127. The molecule has 3 rings (SSSR count). The highest BCUT2D eigenvalue weighted by molar-refractivity contribution is 14.1. The van der Waals surface area contributed by atoms with E-state index in [9.17, 15) is 9.59 Å². The average Bonchev–Trinajstić information content (AvgIpc) is 3.20. The normalized spacial score (nSPS) is 10.2. The Balaban J connectivity index is 1.41. The van der Waals surface area contributed by atoms with Crippen molar-refractivity contribution in [3.63, 3.8) is 0 Å². The lowest BCUT2D eigenvalue weighted by Crippen LogP contribution is -2.43. The number of rotatable bonds is 7. The first-order valence-corrected chi connectivity index (χ1v) is 9.42. The minimum absolute atomic E-state index is 0.0607. The van der Waals surface area contributed by atoms with Gasteiger partial charge in [-0.25, -0.2) is 0 Å². The van der Waals surface area contributed by atoms with Gasteiger partial charge in [0.1, 0.15) is 23.9 Å². The van der Waals surface area contributed by atoms with E-state index in [0.29, 0.717) is 17.3 Å². The fraction of sp³-hybridized carbons (Fsp3) is 0.100. The largest absolute Gasteiger partial charge is 0.486 e. The van der Waals surface area contributed by atoms with E-state index in [4.69, 9.17) is 13.9 Å². The second-order valence-corrected chi connectivity index (χ2v) is 6.86. The predicted octanol–water partition coefficient (Wildman–Crippen LogP) is 3.30. The van der Waals surface area contributed by atoms with Gasteiger partial charge in [-0.1, -0.05) is 18.2 Å². The molecule has 0 saturated heterocycles. The summed E-state index contributed by atoms with van der Waals surface area (Å²) in [5.41, 5.74) is 4.55. The Bertz CT molecular complexity index is 925. The number of hydrazine groups is 1. The summed E-state index contributed by atoms with van der Waals surface area (Å²) in [6.45, 7) is -0.0390. The van der Waals surface area contributed by atoms with Gasteiger partial charge in [0, 0.05) is 3.57 Å². The van der Waals surface area contributed by atoms with Crippen molar-refractivity contribution >= 4 is 34.4 Å². The van der Waals surface area contributed by atoms with Crippen LogP contribution in [-0.4, -0.2) is 18.4 Å². The monoisotopic (exact) mass is 492 g/mol. The Morgan fingerprint density at radius 1 is 0.857 bits per heavy atom. The van der Waals surface area contributed by atoms with Crippen molar-refractivity contribution in [1.29, 1.82) is 0 Å². The molecule has 2 amide bonds. The Labute approximate surface area is 175 Å². The minimum Gasteiger partial charge on any atom is -0.486 e. The van der Waals surface area contributed by atoms with Crippen LogP contribution in [-0.2, 0) is 11.4 Å². The second kappa shape index (κ2) is 9.79. The van der Waals surface area contributed by atoms with Gasteiger partial charge >= 0.3 is 5.91 Å². The lowest BCUT2D eigenvalue weighted by Gasteiger charge is -2.08. The molecule has 3 aromatic rings. The lowest BCUT2D eigenvalue weighted by molar-refractivity contribution is -0.123. The van der Waals surface area contributed by atoms with Crippen LogP contribution < -0.4 is 20.3 Å².